The molecule has 2 aromatic carbocycles. The molecule has 3 nitrogen and oxygen atoms in total. The Kier molecular flexibility index (Phi) is 4.69. The van der Waals surface area contributed by atoms with Gasteiger partial charge in [0.1, 0.15) is 4.75 Å². The molecule has 8 heteroatoms. The lowest BCUT2D eigenvalue weighted by Crippen LogP contribution is -2.50. The molecule has 0 radical (unpaired) electrons. The van der Waals surface area contributed by atoms with E-state index in [2.05, 4.69) is 9.71 Å². The molecule has 5 rings (SSSR count). The molecule has 2 atom stereocenters. The average molecular weight is 467 g/mol. The van der Waals surface area contributed by atoms with Crippen LogP contribution in [0.2, 0.25) is 10.0 Å². The lowest BCUT2D eigenvalue weighted by atomic mass is 9.69. The maximum absolute atomic E-state index is 15.1. The van der Waals surface area contributed by atoms with Crippen LogP contribution in [0.4, 0.5) is 8.78 Å². The zero-order valence-corrected chi connectivity index (χ0v) is 18.3. The van der Waals surface area contributed by atoms with Crippen LogP contribution in [0.3, 0.4) is 0 Å². The van der Waals surface area contributed by atoms with E-state index in [1.165, 1.54) is 6.07 Å². The predicted octanol–water partition coefficient (Wildman–Crippen LogP) is 6.42. The van der Waals surface area contributed by atoms with Crippen LogP contribution >= 0.6 is 35.1 Å². The van der Waals surface area contributed by atoms with Crippen molar-refractivity contribution < 1.29 is 13.6 Å². The number of rotatable bonds is 4. The van der Waals surface area contributed by atoms with Crippen LogP contribution in [0.1, 0.15) is 54.5 Å². The Bertz CT molecular complexity index is 1090. The number of halogens is 4. The van der Waals surface area contributed by atoms with Crippen LogP contribution in [0, 0.1) is 5.92 Å². The smallest absolute Gasteiger partial charge is 0.295 e. The zero-order chi connectivity index (χ0) is 21.3. The minimum atomic E-state index is -3.08. The first-order valence-corrected chi connectivity index (χ1v) is 11.3. The fraction of sp³-hybridized carbons (Fsp3) is 0.364. The fourth-order valence-electron chi connectivity index (χ4n) is 4.14. The quantitative estimate of drug-likeness (QED) is 0.527. The number of fused-ring (bicyclic) bond motifs is 2. The number of benzene rings is 2. The molecule has 0 bridgehead atoms. The highest BCUT2D eigenvalue weighted by Crippen LogP contribution is 2.70. The molecule has 2 aliphatic carbocycles. The second-order valence-electron chi connectivity index (χ2n) is 8.14. The van der Waals surface area contributed by atoms with E-state index in [0.717, 1.165) is 35.9 Å². The monoisotopic (exact) mass is 466 g/mol. The molecule has 2 unspecified atom stereocenters. The summed E-state index contributed by atoms with van der Waals surface area (Å²) >= 11 is 13.0. The van der Waals surface area contributed by atoms with Gasteiger partial charge >= 0.3 is 0 Å². The molecule has 1 heterocycles. The molecule has 1 aliphatic heterocycles. The highest BCUT2D eigenvalue weighted by atomic mass is 35.5. The molecule has 1 spiro atoms. The first kappa shape index (κ1) is 20.3. The first-order valence-electron chi connectivity index (χ1n) is 9.76. The summed E-state index contributed by atoms with van der Waals surface area (Å²) in [5.74, 6) is -2.84. The van der Waals surface area contributed by atoms with Crippen LogP contribution in [0.15, 0.2) is 40.8 Å². The van der Waals surface area contributed by atoms with Crippen LogP contribution < -0.4 is 5.32 Å². The molecule has 1 amide bonds. The van der Waals surface area contributed by atoms with Crippen molar-refractivity contribution in [1.82, 2.24) is 5.32 Å². The second-order valence-corrected chi connectivity index (χ2v) is 10.0. The van der Waals surface area contributed by atoms with Crippen molar-refractivity contribution in [2.24, 2.45) is 10.3 Å². The maximum Gasteiger partial charge on any atom is 0.295 e. The molecule has 156 valence electrons. The van der Waals surface area contributed by atoms with E-state index in [-0.39, 0.29) is 34.9 Å². The number of carbonyl (C=O) groups is 1. The highest BCUT2D eigenvalue weighted by molar-refractivity contribution is 7.99. The first-order chi connectivity index (χ1) is 14.2. The summed E-state index contributed by atoms with van der Waals surface area (Å²) in [5.41, 5.74) is 2.69. The molecule has 30 heavy (non-hydrogen) atoms. The number of hydrogen-bond donors (Lipinski definition) is 1. The van der Waals surface area contributed by atoms with Crippen LogP contribution in [-0.4, -0.2) is 11.6 Å². The third-order valence-electron chi connectivity index (χ3n) is 6.09. The third-order valence-corrected chi connectivity index (χ3v) is 7.85. The Balaban J connectivity index is 1.35. The van der Waals surface area contributed by atoms with Crippen molar-refractivity contribution >= 4 is 46.8 Å². The van der Waals surface area contributed by atoms with Crippen molar-refractivity contribution in [3.8, 4) is 0 Å². The lowest BCUT2D eigenvalue weighted by molar-refractivity contribution is -0.122. The van der Waals surface area contributed by atoms with E-state index in [0.29, 0.717) is 16.3 Å². The largest absolute Gasteiger partial charge is 0.349 e. The molecule has 1 fully saturated rings. The number of alkyl halides is 2. The van der Waals surface area contributed by atoms with E-state index in [9.17, 15) is 4.79 Å². The Morgan fingerprint density at radius 1 is 1.23 bits per heavy atom. The Morgan fingerprint density at radius 3 is 2.60 bits per heavy atom. The number of nitrogens with zero attached hydrogens (tertiary/aromatic N) is 1. The van der Waals surface area contributed by atoms with Crippen molar-refractivity contribution in [1.29, 1.82) is 0 Å². The van der Waals surface area contributed by atoms with Crippen molar-refractivity contribution in [3.05, 3.63) is 68.7 Å². The summed E-state index contributed by atoms with van der Waals surface area (Å²) < 4.78 is 33.1. The van der Waals surface area contributed by atoms with Crippen molar-refractivity contribution in [3.63, 3.8) is 0 Å². The molecule has 0 aromatic heterocycles. The maximum atomic E-state index is 15.1. The number of amides is 1. The third kappa shape index (κ3) is 2.99. The van der Waals surface area contributed by atoms with Gasteiger partial charge in [0.05, 0.1) is 16.8 Å². The van der Waals surface area contributed by atoms with Gasteiger partial charge in [0.25, 0.3) is 5.92 Å². The summed E-state index contributed by atoms with van der Waals surface area (Å²) in [5, 5.41) is 3.35. The molecule has 3 aliphatic rings. The summed E-state index contributed by atoms with van der Waals surface area (Å²) in [7, 11) is 0. The predicted molar refractivity (Wildman–Crippen MR) is 117 cm³/mol. The van der Waals surface area contributed by atoms with Crippen LogP contribution in [0.5, 0.6) is 0 Å². The SMILES string of the molecule is CC(NC(=O)C1CC1)c1ccc(C2=NSC3(C2)c2cc(Cl)cc(Cl)c2C3(F)F)cc1. The summed E-state index contributed by atoms with van der Waals surface area (Å²) in [6, 6.07) is 10.4. The highest BCUT2D eigenvalue weighted by Gasteiger charge is 2.70. The van der Waals surface area contributed by atoms with Gasteiger partial charge in [-0.15, -0.1) is 0 Å². The number of nitrogens with one attached hydrogen (secondary N) is 1. The average Bonchev–Trinajstić information content (AvgIpc) is 3.44. The minimum Gasteiger partial charge on any atom is -0.349 e. The van der Waals surface area contributed by atoms with Gasteiger partial charge in [0, 0.05) is 22.9 Å². The van der Waals surface area contributed by atoms with Crippen molar-refractivity contribution in [2.75, 3.05) is 0 Å². The zero-order valence-electron chi connectivity index (χ0n) is 16.0. The number of hydrogen-bond acceptors (Lipinski definition) is 3. The van der Waals surface area contributed by atoms with Crippen LogP contribution in [0.25, 0.3) is 0 Å². The number of carbonyl (C=O) groups excluding carboxylic acids is 1. The van der Waals surface area contributed by atoms with Crippen LogP contribution in [-0.2, 0) is 15.5 Å². The van der Waals surface area contributed by atoms with Gasteiger partial charge in [0.15, 0.2) is 0 Å². The second kappa shape index (κ2) is 6.94. The minimum absolute atomic E-state index is 0.00578. The standard InChI is InChI=1S/C22H18Cl2F2N2OS/c1-11(27-20(29)14-6-7-14)12-2-4-13(5-3-12)18-10-21(30-28-18)16-8-15(23)9-17(24)19(16)22(21,25)26/h2-5,8-9,11,14H,6-7,10H2,1H3,(H,27,29). The van der Waals surface area contributed by atoms with Gasteiger partial charge in [0.2, 0.25) is 5.91 Å². The van der Waals surface area contributed by atoms with E-state index in [1.807, 2.05) is 31.2 Å². The lowest BCUT2D eigenvalue weighted by Gasteiger charge is -2.47. The van der Waals surface area contributed by atoms with E-state index >= 15 is 8.78 Å². The van der Waals surface area contributed by atoms with Gasteiger partial charge < -0.3 is 5.32 Å². The topological polar surface area (TPSA) is 41.5 Å². The molecule has 1 saturated carbocycles. The van der Waals surface area contributed by atoms with Gasteiger partial charge in [-0.25, -0.2) is 4.40 Å². The molecule has 2 aromatic rings. The van der Waals surface area contributed by atoms with E-state index in [1.54, 1.807) is 6.07 Å². The molecule has 0 saturated heterocycles. The molecular weight excluding hydrogens is 449 g/mol. The summed E-state index contributed by atoms with van der Waals surface area (Å²) in [4.78, 5) is 12.0. The van der Waals surface area contributed by atoms with E-state index in [4.69, 9.17) is 23.2 Å². The summed E-state index contributed by atoms with van der Waals surface area (Å²) in [6.07, 6.45) is 2.02. The molecular formula is C22H18Cl2F2N2OS. The van der Waals surface area contributed by atoms with Gasteiger partial charge in [-0.05, 0) is 60.5 Å². The van der Waals surface area contributed by atoms with Gasteiger partial charge in [-0.1, -0.05) is 47.5 Å². The van der Waals surface area contributed by atoms with Gasteiger partial charge in [-0.3, -0.25) is 4.79 Å². The fourth-order valence-corrected chi connectivity index (χ4v) is 5.87. The van der Waals surface area contributed by atoms with Crippen molar-refractivity contribution in [2.45, 2.75) is 42.9 Å². The Labute approximate surface area is 187 Å². The Hall–Kier alpha value is -1.63. The van der Waals surface area contributed by atoms with Gasteiger partial charge in [-0.2, -0.15) is 8.78 Å². The Morgan fingerprint density at radius 2 is 1.93 bits per heavy atom. The molecule has 1 N–H and O–H groups in total. The summed E-state index contributed by atoms with van der Waals surface area (Å²) in [6.45, 7) is 1.94. The van der Waals surface area contributed by atoms with E-state index < -0.39 is 10.7 Å². The normalized spacial score (nSPS) is 24.8.